The van der Waals surface area contributed by atoms with Gasteiger partial charge in [-0.2, -0.15) is 0 Å². The number of nitrogens with one attached hydrogen (secondary N) is 1. The average Bonchev–Trinajstić information content (AvgIpc) is 2.97. The van der Waals surface area contributed by atoms with E-state index in [0.29, 0.717) is 4.88 Å². The quantitative estimate of drug-likeness (QED) is 0.908. The van der Waals surface area contributed by atoms with Crippen LogP contribution in [0.1, 0.15) is 27.5 Å². The number of carbonyl (C=O) groups excluding carboxylic acids is 1. The first-order chi connectivity index (χ1) is 8.99. The third-order valence-electron chi connectivity index (χ3n) is 2.55. The molecule has 2 aromatic heterocycles. The second kappa shape index (κ2) is 5.58. The predicted octanol–water partition coefficient (Wildman–Crippen LogP) is 2.34. The Bertz CT molecular complexity index is 562. The molecular formula is C12H16N4OS2. The van der Waals surface area contributed by atoms with Crippen molar-refractivity contribution in [1.82, 2.24) is 10.3 Å². The normalized spacial score (nSPS) is 12.2. The van der Waals surface area contributed by atoms with Crippen LogP contribution in [0.5, 0.6) is 0 Å². The molecule has 0 saturated heterocycles. The summed E-state index contributed by atoms with van der Waals surface area (Å²) in [5, 5.41) is 5.65. The topological polar surface area (TPSA) is 71.2 Å². The lowest BCUT2D eigenvalue weighted by Crippen LogP contribution is -2.26. The average molecular weight is 296 g/mol. The van der Waals surface area contributed by atoms with Crippen molar-refractivity contribution >= 4 is 39.5 Å². The molecule has 0 spiro atoms. The van der Waals surface area contributed by atoms with Crippen LogP contribution in [0.15, 0.2) is 17.5 Å². The summed E-state index contributed by atoms with van der Waals surface area (Å²) in [6, 6.07) is 3.93. The highest BCUT2D eigenvalue weighted by Crippen LogP contribution is 2.27. The van der Waals surface area contributed by atoms with Gasteiger partial charge in [-0.05, 0) is 18.4 Å². The van der Waals surface area contributed by atoms with Gasteiger partial charge in [0.2, 0.25) is 0 Å². The molecule has 0 saturated carbocycles. The molecule has 5 nitrogen and oxygen atoms in total. The fraction of sp³-hybridized carbons (Fsp3) is 0.333. The van der Waals surface area contributed by atoms with Crippen molar-refractivity contribution in [3.8, 4) is 0 Å². The minimum absolute atomic E-state index is 0.0307. The first-order valence-corrected chi connectivity index (χ1v) is 7.46. The van der Waals surface area contributed by atoms with E-state index in [1.807, 2.05) is 43.4 Å². The Balaban J connectivity index is 2.12. The maximum atomic E-state index is 12.2. The number of rotatable bonds is 4. The molecule has 2 rings (SSSR count). The van der Waals surface area contributed by atoms with Gasteiger partial charge in [-0.3, -0.25) is 4.79 Å². The van der Waals surface area contributed by atoms with Gasteiger partial charge in [0.05, 0.1) is 6.04 Å². The molecule has 1 atom stereocenters. The van der Waals surface area contributed by atoms with Crippen molar-refractivity contribution in [2.24, 2.45) is 0 Å². The summed E-state index contributed by atoms with van der Waals surface area (Å²) >= 11 is 2.91. The molecular weight excluding hydrogens is 280 g/mol. The number of thiophene rings is 1. The molecule has 2 aromatic rings. The van der Waals surface area contributed by atoms with Crippen LogP contribution >= 0.6 is 22.7 Å². The van der Waals surface area contributed by atoms with Gasteiger partial charge in [0.15, 0.2) is 5.13 Å². The largest absolute Gasteiger partial charge is 0.382 e. The van der Waals surface area contributed by atoms with Crippen LogP contribution in [-0.2, 0) is 0 Å². The zero-order valence-electron chi connectivity index (χ0n) is 11.0. The Hall–Kier alpha value is -1.60. The molecule has 1 unspecified atom stereocenters. The molecule has 0 aromatic carbocycles. The summed E-state index contributed by atoms with van der Waals surface area (Å²) < 4.78 is 0. The van der Waals surface area contributed by atoms with E-state index in [2.05, 4.69) is 10.3 Å². The minimum atomic E-state index is -0.177. The second-order valence-corrected chi connectivity index (χ2v) is 6.27. The molecule has 1 amide bonds. The minimum Gasteiger partial charge on any atom is -0.382 e. The Morgan fingerprint density at radius 1 is 1.53 bits per heavy atom. The fourth-order valence-electron chi connectivity index (χ4n) is 1.55. The predicted molar refractivity (Wildman–Crippen MR) is 81.1 cm³/mol. The highest BCUT2D eigenvalue weighted by atomic mass is 32.1. The van der Waals surface area contributed by atoms with Gasteiger partial charge in [0.25, 0.3) is 5.91 Å². The van der Waals surface area contributed by atoms with E-state index in [1.54, 1.807) is 11.3 Å². The van der Waals surface area contributed by atoms with E-state index in [4.69, 9.17) is 5.73 Å². The van der Waals surface area contributed by atoms with E-state index in [1.165, 1.54) is 11.3 Å². The van der Waals surface area contributed by atoms with E-state index < -0.39 is 0 Å². The van der Waals surface area contributed by atoms with Crippen LogP contribution in [0.2, 0.25) is 0 Å². The Kier molecular flexibility index (Phi) is 4.06. The number of nitrogen functional groups attached to an aromatic ring is 1. The number of amides is 1. The lowest BCUT2D eigenvalue weighted by Gasteiger charge is -2.11. The van der Waals surface area contributed by atoms with Crippen LogP contribution < -0.4 is 16.0 Å². The number of nitrogens with zero attached hydrogens (tertiary/aromatic N) is 2. The van der Waals surface area contributed by atoms with E-state index in [9.17, 15) is 4.79 Å². The summed E-state index contributed by atoms with van der Waals surface area (Å²) in [7, 11) is 3.74. The molecule has 3 N–H and O–H groups in total. The molecule has 0 bridgehead atoms. The molecule has 0 fully saturated rings. The van der Waals surface area contributed by atoms with Gasteiger partial charge in [0, 0.05) is 19.0 Å². The van der Waals surface area contributed by atoms with Gasteiger partial charge in [-0.25, -0.2) is 4.98 Å². The van der Waals surface area contributed by atoms with E-state index >= 15 is 0 Å². The maximum absolute atomic E-state index is 12.2. The lowest BCUT2D eigenvalue weighted by molar-refractivity contribution is 0.0945. The fourth-order valence-corrected chi connectivity index (χ4v) is 3.09. The number of hydrogen-bond acceptors (Lipinski definition) is 6. The number of anilines is 2. The van der Waals surface area contributed by atoms with Crippen molar-refractivity contribution in [3.63, 3.8) is 0 Å². The van der Waals surface area contributed by atoms with Crippen LogP contribution in [0.25, 0.3) is 0 Å². The van der Waals surface area contributed by atoms with Crippen molar-refractivity contribution < 1.29 is 4.79 Å². The standard InChI is InChI=1S/C12H16N4OS2/c1-7(8-5-4-6-18-8)14-11(17)9-10(13)15-12(19-9)16(2)3/h4-7H,13H2,1-3H3,(H,14,17). The lowest BCUT2D eigenvalue weighted by atomic mass is 10.2. The highest BCUT2D eigenvalue weighted by Gasteiger charge is 2.19. The number of carbonyl (C=O) groups is 1. The van der Waals surface area contributed by atoms with Gasteiger partial charge in [0.1, 0.15) is 10.7 Å². The molecule has 7 heteroatoms. The van der Waals surface area contributed by atoms with Crippen molar-refractivity contribution in [3.05, 3.63) is 27.3 Å². The third kappa shape index (κ3) is 3.05. The van der Waals surface area contributed by atoms with Crippen LogP contribution in [0, 0.1) is 0 Å². The van der Waals surface area contributed by atoms with Gasteiger partial charge < -0.3 is 16.0 Å². The van der Waals surface area contributed by atoms with Crippen LogP contribution in [0.3, 0.4) is 0 Å². The summed E-state index contributed by atoms with van der Waals surface area (Å²) in [5.41, 5.74) is 5.79. The van der Waals surface area contributed by atoms with Gasteiger partial charge in [-0.1, -0.05) is 17.4 Å². The SMILES string of the molecule is CC(NC(=O)c1sc(N(C)C)nc1N)c1cccs1. The molecule has 102 valence electrons. The second-order valence-electron chi connectivity index (χ2n) is 4.32. The third-order valence-corrected chi connectivity index (χ3v) is 4.84. The summed E-state index contributed by atoms with van der Waals surface area (Å²) in [6.07, 6.45) is 0. The summed E-state index contributed by atoms with van der Waals surface area (Å²) in [6.45, 7) is 1.95. The van der Waals surface area contributed by atoms with Crippen LogP contribution in [-0.4, -0.2) is 25.0 Å². The first kappa shape index (κ1) is 13.8. The molecule has 0 radical (unpaired) electrons. The monoisotopic (exact) mass is 296 g/mol. The van der Waals surface area contributed by atoms with E-state index in [-0.39, 0.29) is 17.8 Å². The zero-order chi connectivity index (χ0) is 14.0. The summed E-state index contributed by atoms with van der Waals surface area (Å²) in [4.78, 5) is 19.8. The van der Waals surface area contributed by atoms with Crippen molar-refractivity contribution in [1.29, 1.82) is 0 Å². The van der Waals surface area contributed by atoms with E-state index in [0.717, 1.165) is 10.0 Å². The number of thiazole rings is 1. The molecule has 0 aliphatic carbocycles. The number of nitrogens with two attached hydrogens (primary N) is 1. The highest BCUT2D eigenvalue weighted by molar-refractivity contribution is 7.18. The van der Waals surface area contributed by atoms with Crippen molar-refractivity contribution in [2.45, 2.75) is 13.0 Å². The molecule has 19 heavy (non-hydrogen) atoms. The summed E-state index contributed by atoms with van der Waals surface area (Å²) in [5.74, 6) is 0.105. The first-order valence-electron chi connectivity index (χ1n) is 5.77. The number of hydrogen-bond donors (Lipinski definition) is 2. The van der Waals surface area contributed by atoms with Crippen molar-refractivity contribution in [2.75, 3.05) is 24.7 Å². The Morgan fingerprint density at radius 2 is 2.26 bits per heavy atom. The number of aromatic nitrogens is 1. The molecule has 0 aliphatic rings. The molecule has 0 aliphatic heterocycles. The Morgan fingerprint density at radius 3 is 2.79 bits per heavy atom. The van der Waals surface area contributed by atoms with Gasteiger partial charge >= 0.3 is 0 Å². The van der Waals surface area contributed by atoms with Gasteiger partial charge in [-0.15, -0.1) is 11.3 Å². The van der Waals surface area contributed by atoms with Crippen LogP contribution in [0.4, 0.5) is 10.9 Å². The Labute approximate surface area is 120 Å². The smallest absolute Gasteiger partial charge is 0.265 e. The zero-order valence-corrected chi connectivity index (χ0v) is 12.6. The maximum Gasteiger partial charge on any atom is 0.265 e. The molecule has 2 heterocycles.